The molecule has 0 bridgehead atoms. The lowest BCUT2D eigenvalue weighted by Gasteiger charge is -2.11. The molecule has 0 nitrogen and oxygen atoms in total. The first kappa shape index (κ1) is 11.2. The second-order valence-corrected chi connectivity index (χ2v) is 4.58. The molecule has 82 valence electrons. The Kier molecular flexibility index (Phi) is 3.63. The first-order valence-electron chi connectivity index (χ1n) is 5.55. The Hall–Kier alpha value is -1.27. The normalized spacial score (nSPS) is 12.4. The SMILES string of the molecule is C[C@H](Cc1ccccc1)c1ccc(Cl)cc1. The molecule has 1 heteroatoms. The van der Waals surface area contributed by atoms with Crippen LogP contribution in [-0.2, 0) is 6.42 Å². The summed E-state index contributed by atoms with van der Waals surface area (Å²) in [4.78, 5) is 0. The highest BCUT2D eigenvalue weighted by atomic mass is 35.5. The lowest BCUT2D eigenvalue weighted by molar-refractivity contribution is 0.759. The molecule has 0 aliphatic heterocycles. The monoisotopic (exact) mass is 230 g/mol. The third-order valence-electron chi connectivity index (χ3n) is 2.82. The molecule has 16 heavy (non-hydrogen) atoms. The lowest BCUT2D eigenvalue weighted by Crippen LogP contribution is -1.97. The van der Waals surface area contributed by atoms with Crippen molar-refractivity contribution in [2.45, 2.75) is 19.3 Å². The van der Waals surface area contributed by atoms with E-state index in [1.54, 1.807) is 0 Å². The highest BCUT2D eigenvalue weighted by Gasteiger charge is 2.05. The largest absolute Gasteiger partial charge is 0.0843 e. The predicted molar refractivity (Wildman–Crippen MR) is 70.0 cm³/mol. The molecule has 0 N–H and O–H groups in total. The van der Waals surface area contributed by atoms with Crippen LogP contribution in [0.5, 0.6) is 0 Å². The molecule has 0 aliphatic rings. The van der Waals surface area contributed by atoms with Crippen molar-refractivity contribution in [2.75, 3.05) is 0 Å². The van der Waals surface area contributed by atoms with Crippen LogP contribution < -0.4 is 0 Å². The highest BCUT2D eigenvalue weighted by Crippen LogP contribution is 2.21. The molecule has 2 aromatic carbocycles. The molecule has 0 amide bonds. The van der Waals surface area contributed by atoms with Crippen molar-refractivity contribution in [2.24, 2.45) is 0 Å². The smallest absolute Gasteiger partial charge is 0.0406 e. The Balaban J connectivity index is 2.09. The standard InChI is InChI=1S/C15H15Cl/c1-12(11-13-5-3-2-4-6-13)14-7-9-15(16)10-8-14/h2-10,12H,11H2,1H3/t12-/m1/s1. The third kappa shape index (κ3) is 2.86. The van der Waals surface area contributed by atoms with Crippen LogP contribution in [0.2, 0.25) is 5.02 Å². The third-order valence-corrected chi connectivity index (χ3v) is 3.08. The summed E-state index contributed by atoms with van der Waals surface area (Å²) in [6, 6.07) is 18.7. The van der Waals surface area contributed by atoms with E-state index in [4.69, 9.17) is 11.6 Å². The van der Waals surface area contributed by atoms with E-state index in [1.165, 1.54) is 11.1 Å². The molecule has 1 atom stereocenters. The average Bonchev–Trinajstić information content (AvgIpc) is 2.31. The molecular formula is C15H15Cl. The quantitative estimate of drug-likeness (QED) is 0.718. The minimum absolute atomic E-state index is 0.527. The van der Waals surface area contributed by atoms with Crippen LogP contribution in [-0.4, -0.2) is 0 Å². The number of hydrogen-bond acceptors (Lipinski definition) is 0. The van der Waals surface area contributed by atoms with Crippen LogP contribution in [0, 0.1) is 0 Å². The Labute approximate surface area is 102 Å². The van der Waals surface area contributed by atoms with Crippen molar-refractivity contribution in [3.8, 4) is 0 Å². The predicted octanol–water partition coefficient (Wildman–Crippen LogP) is 4.69. The molecule has 0 saturated heterocycles. The van der Waals surface area contributed by atoms with Gasteiger partial charge in [-0.3, -0.25) is 0 Å². The molecule has 0 spiro atoms. The molecule has 2 aromatic rings. The Morgan fingerprint density at radius 2 is 1.56 bits per heavy atom. The van der Waals surface area contributed by atoms with Gasteiger partial charge in [-0.1, -0.05) is 61.0 Å². The summed E-state index contributed by atoms with van der Waals surface area (Å²) in [7, 11) is 0. The van der Waals surface area contributed by atoms with E-state index in [2.05, 4.69) is 49.4 Å². The molecule has 0 radical (unpaired) electrons. The number of benzene rings is 2. The van der Waals surface area contributed by atoms with Gasteiger partial charge < -0.3 is 0 Å². The molecule has 0 saturated carbocycles. The van der Waals surface area contributed by atoms with Gasteiger partial charge >= 0.3 is 0 Å². The van der Waals surface area contributed by atoms with Gasteiger partial charge in [-0.25, -0.2) is 0 Å². The Morgan fingerprint density at radius 1 is 0.938 bits per heavy atom. The van der Waals surface area contributed by atoms with Crippen LogP contribution >= 0.6 is 11.6 Å². The van der Waals surface area contributed by atoms with Crippen LogP contribution in [0.4, 0.5) is 0 Å². The van der Waals surface area contributed by atoms with Crippen LogP contribution in [0.1, 0.15) is 24.0 Å². The maximum atomic E-state index is 5.88. The highest BCUT2D eigenvalue weighted by molar-refractivity contribution is 6.30. The van der Waals surface area contributed by atoms with Crippen molar-refractivity contribution >= 4 is 11.6 Å². The fourth-order valence-electron chi connectivity index (χ4n) is 1.88. The maximum Gasteiger partial charge on any atom is 0.0406 e. The number of rotatable bonds is 3. The average molecular weight is 231 g/mol. The zero-order valence-electron chi connectivity index (χ0n) is 9.36. The molecular weight excluding hydrogens is 216 g/mol. The first-order valence-corrected chi connectivity index (χ1v) is 5.93. The van der Waals surface area contributed by atoms with Gasteiger partial charge in [0.25, 0.3) is 0 Å². The van der Waals surface area contributed by atoms with Gasteiger partial charge in [-0.05, 0) is 35.6 Å². The van der Waals surface area contributed by atoms with E-state index in [0.717, 1.165) is 11.4 Å². The fraction of sp³-hybridized carbons (Fsp3) is 0.200. The van der Waals surface area contributed by atoms with Crippen molar-refractivity contribution in [3.05, 3.63) is 70.7 Å². The van der Waals surface area contributed by atoms with Gasteiger partial charge in [-0.15, -0.1) is 0 Å². The molecule has 0 fully saturated rings. The molecule has 0 aliphatic carbocycles. The minimum Gasteiger partial charge on any atom is -0.0843 e. The first-order chi connectivity index (χ1) is 7.75. The van der Waals surface area contributed by atoms with Crippen LogP contribution in [0.25, 0.3) is 0 Å². The molecule has 2 rings (SSSR count). The van der Waals surface area contributed by atoms with E-state index in [-0.39, 0.29) is 0 Å². The van der Waals surface area contributed by atoms with Gasteiger partial charge in [0.2, 0.25) is 0 Å². The number of halogens is 1. The second kappa shape index (κ2) is 5.18. The summed E-state index contributed by atoms with van der Waals surface area (Å²) in [6.45, 7) is 2.25. The summed E-state index contributed by atoms with van der Waals surface area (Å²) in [5, 5.41) is 0.802. The van der Waals surface area contributed by atoms with Crippen molar-refractivity contribution in [1.82, 2.24) is 0 Å². The number of hydrogen-bond donors (Lipinski definition) is 0. The van der Waals surface area contributed by atoms with Crippen molar-refractivity contribution < 1.29 is 0 Å². The van der Waals surface area contributed by atoms with Gasteiger partial charge in [0, 0.05) is 5.02 Å². The fourth-order valence-corrected chi connectivity index (χ4v) is 2.00. The van der Waals surface area contributed by atoms with Gasteiger partial charge in [-0.2, -0.15) is 0 Å². The summed E-state index contributed by atoms with van der Waals surface area (Å²) in [6.07, 6.45) is 1.07. The minimum atomic E-state index is 0.527. The second-order valence-electron chi connectivity index (χ2n) is 4.14. The van der Waals surface area contributed by atoms with E-state index >= 15 is 0 Å². The Bertz CT molecular complexity index is 431. The molecule has 0 aromatic heterocycles. The van der Waals surface area contributed by atoms with Gasteiger partial charge in [0.05, 0.1) is 0 Å². The van der Waals surface area contributed by atoms with E-state index < -0.39 is 0 Å². The zero-order valence-corrected chi connectivity index (χ0v) is 10.1. The summed E-state index contributed by atoms with van der Waals surface area (Å²) < 4.78 is 0. The zero-order chi connectivity index (χ0) is 11.4. The Morgan fingerprint density at radius 3 is 2.19 bits per heavy atom. The summed E-state index contributed by atoms with van der Waals surface area (Å²) >= 11 is 5.88. The van der Waals surface area contributed by atoms with Gasteiger partial charge in [0.1, 0.15) is 0 Å². The van der Waals surface area contributed by atoms with Crippen molar-refractivity contribution in [3.63, 3.8) is 0 Å². The van der Waals surface area contributed by atoms with Gasteiger partial charge in [0.15, 0.2) is 0 Å². The van der Waals surface area contributed by atoms with E-state index in [9.17, 15) is 0 Å². The van der Waals surface area contributed by atoms with Crippen molar-refractivity contribution in [1.29, 1.82) is 0 Å². The topological polar surface area (TPSA) is 0 Å². The summed E-state index contributed by atoms with van der Waals surface area (Å²) in [5.74, 6) is 0.527. The molecule has 0 heterocycles. The van der Waals surface area contributed by atoms with Crippen LogP contribution in [0.15, 0.2) is 54.6 Å². The lowest BCUT2D eigenvalue weighted by atomic mass is 9.94. The van der Waals surface area contributed by atoms with Crippen LogP contribution in [0.3, 0.4) is 0 Å². The van der Waals surface area contributed by atoms with E-state index in [1.807, 2.05) is 12.1 Å². The summed E-state index contributed by atoms with van der Waals surface area (Å²) in [5.41, 5.74) is 2.72. The maximum absolute atomic E-state index is 5.88. The van der Waals surface area contributed by atoms with E-state index in [0.29, 0.717) is 5.92 Å². The molecule has 0 unspecified atom stereocenters.